The van der Waals surface area contributed by atoms with Gasteiger partial charge >= 0.3 is 0 Å². The third-order valence-corrected chi connectivity index (χ3v) is 1.81. The summed E-state index contributed by atoms with van der Waals surface area (Å²) in [6.45, 7) is 1.70. The molecule has 0 radical (unpaired) electrons. The Hall–Kier alpha value is -2.16. The van der Waals surface area contributed by atoms with Gasteiger partial charge in [0, 0.05) is 32.7 Å². The van der Waals surface area contributed by atoms with Gasteiger partial charge in [0.1, 0.15) is 11.4 Å². The lowest BCUT2D eigenvalue weighted by Crippen LogP contribution is -2.39. The van der Waals surface area contributed by atoms with Gasteiger partial charge in [0.25, 0.3) is 5.96 Å². The Balaban J connectivity index is 2.13. The summed E-state index contributed by atoms with van der Waals surface area (Å²) in [4.78, 5) is 10.1. The van der Waals surface area contributed by atoms with Gasteiger partial charge < -0.3 is 20.5 Å². The minimum atomic E-state index is -0.762. The number of hydrogen-bond donors (Lipinski definition) is 3. The second-order valence-electron chi connectivity index (χ2n) is 3.03. The average molecular weight is 242 g/mol. The van der Waals surface area contributed by atoms with Crippen molar-refractivity contribution in [1.29, 1.82) is 0 Å². The summed E-state index contributed by atoms with van der Waals surface area (Å²) in [7, 11) is 1.55. The molecule has 9 nitrogen and oxygen atoms in total. The topological polar surface area (TPSA) is 118 Å². The predicted octanol–water partition coefficient (Wildman–Crippen LogP) is -0.879. The molecule has 0 saturated carbocycles. The molecule has 94 valence electrons. The standard InChI is InChI=1S/C8H14N6O3/c1-9-8(12-14(15)16)11-4-3-10-6-7-2-5-17-13-7/h2,5,10H,3-4,6H2,1H3,(H2,9,11,12). The van der Waals surface area contributed by atoms with Gasteiger partial charge in [0.15, 0.2) is 5.03 Å². The highest BCUT2D eigenvalue weighted by molar-refractivity contribution is 5.78. The van der Waals surface area contributed by atoms with Crippen LogP contribution in [0, 0.1) is 10.1 Å². The third-order valence-electron chi connectivity index (χ3n) is 1.81. The number of guanidine groups is 1. The smallest absolute Gasteiger partial charge is 0.268 e. The zero-order valence-electron chi connectivity index (χ0n) is 9.34. The quantitative estimate of drug-likeness (QED) is 0.195. The van der Waals surface area contributed by atoms with Crippen molar-refractivity contribution >= 4 is 5.96 Å². The van der Waals surface area contributed by atoms with Gasteiger partial charge in [0.05, 0.1) is 5.69 Å². The maximum absolute atomic E-state index is 10.1. The van der Waals surface area contributed by atoms with E-state index < -0.39 is 5.03 Å². The van der Waals surface area contributed by atoms with Gasteiger partial charge in [-0.1, -0.05) is 5.16 Å². The molecule has 0 atom stereocenters. The SMILES string of the molecule is CN/C(=N\[N+](=O)[O-])NCCNCc1ccon1. The summed E-state index contributed by atoms with van der Waals surface area (Å²) in [6, 6.07) is 1.76. The number of hydrogen-bond acceptors (Lipinski definition) is 5. The van der Waals surface area contributed by atoms with Crippen LogP contribution in [0.2, 0.25) is 0 Å². The predicted molar refractivity (Wildman–Crippen MR) is 59.7 cm³/mol. The van der Waals surface area contributed by atoms with Crippen LogP contribution in [0.1, 0.15) is 5.69 Å². The van der Waals surface area contributed by atoms with Crippen LogP contribution >= 0.6 is 0 Å². The number of nitrogens with one attached hydrogen (secondary N) is 3. The first-order valence-corrected chi connectivity index (χ1v) is 4.97. The summed E-state index contributed by atoms with van der Waals surface area (Å²) in [5.74, 6) is 0.123. The Morgan fingerprint density at radius 3 is 3.06 bits per heavy atom. The van der Waals surface area contributed by atoms with Crippen LogP contribution in [0.5, 0.6) is 0 Å². The highest BCUT2D eigenvalue weighted by Crippen LogP contribution is 1.91. The van der Waals surface area contributed by atoms with Crippen molar-refractivity contribution in [3.63, 3.8) is 0 Å². The zero-order valence-corrected chi connectivity index (χ0v) is 9.34. The van der Waals surface area contributed by atoms with Gasteiger partial charge in [-0.3, -0.25) is 0 Å². The molecule has 1 heterocycles. The van der Waals surface area contributed by atoms with Crippen LogP contribution in [0.15, 0.2) is 22.0 Å². The summed E-state index contributed by atoms with van der Waals surface area (Å²) in [6.07, 6.45) is 1.50. The maximum Gasteiger partial charge on any atom is 0.268 e. The second-order valence-corrected chi connectivity index (χ2v) is 3.03. The first-order chi connectivity index (χ1) is 8.22. The molecule has 3 N–H and O–H groups in total. The van der Waals surface area contributed by atoms with Crippen molar-refractivity contribution in [3.8, 4) is 0 Å². The van der Waals surface area contributed by atoms with Crippen LogP contribution in [0.4, 0.5) is 0 Å². The van der Waals surface area contributed by atoms with Gasteiger partial charge in [-0.05, 0) is 0 Å². The van der Waals surface area contributed by atoms with Crippen LogP contribution < -0.4 is 16.0 Å². The Labute approximate surface area is 97.4 Å². The van der Waals surface area contributed by atoms with E-state index in [-0.39, 0.29) is 5.96 Å². The van der Waals surface area contributed by atoms with Gasteiger partial charge in [-0.15, -0.1) is 0 Å². The lowest BCUT2D eigenvalue weighted by Gasteiger charge is -2.06. The number of nitro groups is 1. The molecule has 1 aromatic heterocycles. The molecular formula is C8H14N6O3. The van der Waals surface area contributed by atoms with E-state index in [9.17, 15) is 10.1 Å². The fraction of sp³-hybridized carbons (Fsp3) is 0.500. The molecule has 0 unspecified atom stereocenters. The zero-order chi connectivity index (χ0) is 12.5. The molecule has 0 fully saturated rings. The van der Waals surface area contributed by atoms with E-state index in [0.29, 0.717) is 19.6 Å². The molecule has 0 spiro atoms. The Bertz CT molecular complexity index is 363. The van der Waals surface area contributed by atoms with Crippen LogP contribution in [0.25, 0.3) is 0 Å². The molecule has 0 bridgehead atoms. The summed E-state index contributed by atoms with van der Waals surface area (Å²) in [5, 5.41) is 24.6. The fourth-order valence-electron chi connectivity index (χ4n) is 1.07. The fourth-order valence-corrected chi connectivity index (χ4v) is 1.07. The highest BCUT2D eigenvalue weighted by Gasteiger charge is 2.00. The van der Waals surface area contributed by atoms with Crippen LogP contribution in [-0.2, 0) is 6.54 Å². The number of nitrogens with zero attached hydrogens (tertiary/aromatic N) is 3. The lowest BCUT2D eigenvalue weighted by molar-refractivity contribution is -0.485. The maximum atomic E-state index is 10.1. The molecule has 9 heteroatoms. The summed E-state index contributed by atoms with van der Waals surface area (Å²) in [5.41, 5.74) is 0.804. The van der Waals surface area contributed by atoms with E-state index in [1.54, 1.807) is 13.1 Å². The molecule has 0 aliphatic rings. The largest absolute Gasteiger partial charge is 0.364 e. The van der Waals surface area contributed by atoms with Crippen LogP contribution in [-0.4, -0.2) is 36.3 Å². The van der Waals surface area contributed by atoms with Gasteiger partial charge in [-0.2, -0.15) is 0 Å². The average Bonchev–Trinajstić information content (AvgIpc) is 2.79. The highest BCUT2D eigenvalue weighted by atomic mass is 16.7. The van der Waals surface area contributed by atoms with E-state index in [0.717, 1.165) is 5.69 Å². The minimum absolute atomic E-state index is 0.123. The van der Waals surface area contributed by atoms with E-state index >= 15 is 0 Å². The molecule has 1 aromatic rings. The van der Waals surface area contributed by atoms with E-state index in [2.05, 4.69) is 30.7 Å². The Kier molecular flexibility index (Phi) is 5.44. The summed E-state index contributed by atoms with van der Waals surface area (Å²) < 4.78 is 4.66. The molecule has 0 amide bonds. The normalized spacial score (nSPS) is 11.2. The van der Waals surface area contributed by atoms with Gasteiger partial charge in [-0.25, -0.2) is 10.1 Å². The molecule has 0 saturated heterocycles. The summed E-state index contributed by atoms with van der Waals surface area (Å²) >= 11 is 0. The van der Waals surface area contributed by atoms with E-state index in [1.807, 2.05) is 0 Å². The van der Waals surface area contributed by atoms with Crippen molar-refractivity contribution in [2.24, 2.45) is 5.10 Å². The first-order valence-electron chi connectivity index (χ1n) is 4.97. The molecule has 1 rings (SSSR count). The van der Waals surface area contributed by atoms with Crippen LogP contribution in [0.3, 0.4) is 0 Å². The molecular weight excluding hydrogens is 228 g/mol. The number of aromatic nitrogens is 1. The molecule has 17 heavy (non-hydrogen) atoms. The molecule has 0 aliphatic carbocycles. The van der Waals surface area contributed by atoms with Crippen molar-refractivity contribution in [1.82, 2.24) is 21.1 Å². The molecule has 0 aromatic carbocycles. The van der Waals surface area contributed by atoms with Crippen molar-refractivity contribution in [2.75, 3.05) is 20.1 Å². The Morgan fingerprint density at radius 1 is 1.65 bits per heavy atom. The first kappa shape index (κ1) is 12.9. The second kappa shape index (κ2) is 7.17. The Morgan fingerprint density at radius 2 is 2.47 bits per heavy atom. The van der Waals surface area contributed by atoms with Crippen molar-refractivity contribution < 1.29 is 9.56 Å². The number of rotatable bonds is 6. The minimum Gasteiger partial charge on any atom is -0.364 e. The van der Waals surface area contributed by atoms with Crippen molar-refractivity contribution in [2.45, 2.75) is 6.54 Å². The van der Waals surface area contributed by atoms with E-state index in [1.165, 1.54) is 6.26 Å². The number of hydrazone groups is 1. The van der Waals surface area contributed by atoms with E-state index in [4.69, 9.17) is 0 Å². The van der Waals surface area contributed by atoms with Crippen molar-refractivity contribution in [3.05, 3.63) is 28.1 Å². The lowest BCUT2D eigenvalue weighted by atomic mass is 10.4. The van der Waals surface area contributed by atoms with Gasteiger partial charge in [0.2, 0.25) is 0 Å². The molecule has 0 aliphatic heterocycles. The monoisotopic (exact) mass is 242 g/mol. The third kappa shape index (κ3) is 5.47.